The van der Waals surface area contributed by atoms with Gasteiger partial charge in [-0.15, -0.1) is 0 Å². The van der Waals surface area contributed by atoms with Crippen LogP contribution in [0.15, 0.2) is 36.4 Å². The third-order valence-corrected chi connectivity index (χ3v) is 2.89. The third-order valence-electron chi connectivity index (χ3n) is 2.89. The highest BCUT2D eigenvalue weighted by molar-refractivity contribution is 5.61. The molecule has 0 atom stereocenters. The molecule has 0 spiro atoms. The lowest BCUT2D eigenvalue weighted by Gasteiger charge is -2.11. The van der Waals surface area contributed by atoms with Gasteiger partial charge in [0.05, 0.1) is 17.7 Å². The summed E-state index contributed by atoms with van der Waals surface area (Å²) in [6, 6.07) is 7.84. The Morgan fingerprint density at radius 1 is 1.29 bits per heavy atom. The Kier molecular flexibility index (Phi) is 4.32. The Balaban J connectivity index is 2.24. The van der Waals surface area contributed by atoms with Gasteiger partial charge in [-0.2, -0.15) is 0 Å². The van der Waals surface area contributed by atoms with Crippen molar-refractivity contribution in [2.45, 2.75) is 6.54 Å². The second kappa shape index (κ2) is 6.17. The van der Waals surface area contributed by atoms with E-state index in [9.17, 15) is 18.9 Å². The van der Waals surface area contributed by atoms with Crippen LogP contribution in [-0.4, -0.2) is 12.0 Å². The molecule has 5 nitrogen and oxygen atoms in total. The molecule has 2 rings (SSSR count). The van der Waals surface area contributed by atoms with Gasteiger partial charge in [0, 0.05) is 24.2 Å². The van der Waals surface area contributed by atoms with Crippen LogP contribution >= 0.6 is 0 Å². The summed E-state index contributed by atoms with van der Waals surface area (Å²) in [6.07, 6.45) is 0. The fraction of sp³-hybridized carbons (Fsp3) is 0.143. The van der Waals surface area contributed by atoms with E-state index < -0.39 is 16.6 Å². The molecular formula is C14H12F2N2O3. The zero-order chi connectivity index (χ0) is 15.4. The van der Waals surface area contributed by atoms with Crippen LogP contribution in [0, 0.1) is 21.7 Å². The molecule has 2 aromatic rings. The molecule has 0 aliphatic rings. The molecule has 0 amide bonds. The predicted molar refractivity (Wildman–Crippen MR) is 73.3 cm³/mol. The third kappa shape index (κ3) is 3.25. The number of hydrogen-bond donors (Lipinski definition) is 1. The SMILES string of the molecule is COc1ccc([N+](=O)[O-])cc1NCc1cccc(F)c1F. The summed E-state index contributed by atoms with van der Waals surface area (Å²) in [5.74, 6) is -1.52. The lowest BCUT2D eigenvalue weighted by Crippen LogP contribution is -2.05. The molecule has 0 radical (unpaired) electrons. The molecule has 0 bridgehead atoms. The molecule has 0 fully saturated rings. The van der Waals surface area contributed by atoms with Crippen molar-refractivity contribution in [3.05, 3.63) is 63.7 Å². The minimum atomic E-state index is -0.950. The van der Waals surface area contributed by atoms with Crippen LogP contribution in [0.5, 0.6) is 5.75 Å². The van der Waals surface area contributed by atoms with Crippen molar-refractivity contribution >= 4 is 11.4 Å². The summed E-state index contributed by atoms with van der Waals surface area (Å²) in [4.78, 5) is 10.2. The number of rotatable bonds is 5. The topological polar surface area (TPSA) is 64.4 Å². The van der Waals surface area contributed by atoms with Crippen LogP contribution < -0.4 is 10.1 Å². The fourth-order valence-corrected chi connectivity index (χ4v) is 1.82. The van der Waals surface area contributed by atoms with Gasteiger partial charge in [-0.25, -0.2) is 8.78 Å². The van der Waals surface area contributed by atoms with Crippen LogP contribution in [0.3, 0.4) is 0 Å². The van der Waals surface area contributed by atoms with Gasteiger partial charge in [-0.1, -0.05) is 12.1 Å². The number of ether oxygens (including phenoxy) is 1. The standard InChI is InChI=1S/C14H12F2N2O3/c1-21-13-6-5-10(18(19)20)7-12(13)17-8-9-3-2-4-11(15)14(9)16/h2-7,17H,8H2,1H3. The van der Waals surface area contributed by atoms with Gasteiger partial charge in [0.1, 0.15) is 5.75 Å². The van der Waals surface area contributed by atoms with Gasteiger partial charge >= 0.3 is 0 Å². The number of nitro groups is 1. The molecule has 0 unspecified atom stereocenters. The van der Waals surface area contributed by atoms with E-state index in [0.717, 1.165) is 6.07 Å². The van der Waals surface area contributed by atoms with E-state index in [4.69, 9.17) is 4.74 Å². The second-order valence-corrected chi connectivity index (χ2v) is 4.21. The summed E-state index contributed by atoms with van der Waals surface area (Å²) >= 11 is 0. The summed E-state index contributed by atoms with van der Waals surface area (Å²) < 4.78 is 31.7. The minimum absolute atomic E-state index is 0.0267. The number of halogens is 2. The lowest BCUT2D eigenvalue weighted by molar-refractivity contribution is -0.384. The molecule has 0 heterocycles. The Labute approximate surface area is 119 Å². The molecule has 0 aromatic heterocycles. The maximum Gasteiger partial charge on any atom is 0.271 e. The summed E-state index contributed by atoms with van der Waals surface area (Å²) in [7, 11) is 1.41. The number of nitro benzene ring substituents is 1. The van der Waals surface area contributed by atoms with E-state index in [2.05, 4.69) is 5.32 Å². The average Bonchev–Trinajstić information content (AvgIpc) is 2.48. The van der Waals surface area contributed by atoms with Crippen molar-refractivity contribution in [3.63, 3.8) is 0 Å². The van der Waals surface area contributed by atoms with Crippen molar-refractivity contribution < 1.29 is 18.4 Å². The first-order valence-corrected chi connectivity index (χ1v) is 6.02. The Morgan fingerprint density at radius 2 is 2.05 bits per heavy atom. The average molecular weight is 294 g/mol. The molecule has 0 aliphatic carbocycles. The number of hydrogen-bond acceptors (Lipinski definition) is 4. The number of benzene rings is 2. The molecular weight excluding hydrogens is 282 g/mol. The Hall–Kier alpha value is -2.70. The quantitative estimate of drug-likeness (QED) is 0.677. The van der Waals surface area contributed by atoms with Crippen molar-refractivity contribution in [2.75, 3.05) is 12.4 Å². The summed E-state index contributed by atoms with van der Waals surface area (Å²) in [6.45, 7) is -0.0267. The normalized spacial score (nSPS) is 10.2. The number of nitrogens with one attached hydrogen (secondary N) is 1. The number of anilines is 1. The molecule has 110 valence electrons. The van der Waals surface area contributed by atoms with Crippen molar-refractivity contribution in [3.8, 4) is 5.75 Å². The van der Waals surface area contributed by atoms with Gasteiger partial charge in [-0.3, -0.25) is 10.1 Å². The van der Waals surface area contributed by atoms with E-state index in [0.29, 0.717) is 11.4 Å². The highest BCUT2D eigenvalue weighted by Crippen LogP contribution is 2.29. The van der Waals surface area contributed by atoms with Crippen molar-refractivity contribution in [1.82, 2.24) is 0 Å². The Morgan fingerprint density at radius 3 is 2.71 bits per heavy atom. The lowest BCUT2D eigenvalue weighted by atomic mass is 10.2. The van der Waals surface area contributed by atoms with E-state index in [1.54, 1.807) is 0 Å². The highest BCUT2D eigenvalue weighted by atomic mass is 19.2. The number of non-ortho nitro benzene ring substituents is 1. The first-order valence-electron chi connectivity index (χ1n) is 6.02. The monoisotopic (exact) mass is 294 g/mol. The molecule has 21 heavy (non-hydrogen) atoms. The van der Waals surface area contributed by atoms with Crippen LogP contribution in [0.2, 0.25) is 0 Å². The maximum atomic E-state index is 13.5. The van der Waals surface area contributed by atoms with Crippen LogP contribution in [0.25, 0.3) is 0 Å². The zero-order valence-electron chi connectivity index (χ0n) is 11.1. The molecule has 0 saturated heterocycles. The molecule has 7 heteroatoms. The predicted octanol–water partition coefficient (Wildman–Crippen LogP) is 3.49. The van der Waals surface area contributed by atoms with Crippen LogP contribution in [0.4, 0.5) is 20.2 Å². The summed E-state index contributed by atoms with van der Waals surface area (Å²) in [5.41, 5.74) is 0.317. The molecule has 0 saturated carbocycles. The van der Waals surface area contributed by atoms with Gasteiger partial charge in [-0.05, 0) is 12.1 Å². The fourth-order valence-electron chi connectivity index (χ4n) is 1.82. The molecule has 0 aliphatic heterocycles. The van der Waals surface area contributed by atoms with Crippen molar-refractivity contribution in [2.24, 2.45) is 0 Å². The van der Waals surface area contributed by atoms with E-state index in [1.165, 1.54) is 37.4 Å². The van der Waals surface area contributed by atoms with E-state index in [1.807, 2.05) is 0 Å². The van der Waals surface area contributed by atoms with Gasteiger partial charge in [0.15, 0.2) is 11.6 Å². The molecule has 1 N–H and O–H groups in total. The zero-order valence-corrected chi connectivity index (χ0v) is 11.1. The smallest absolute Gasteiger partial charge is 0.271 e. The van der Waals surface area contributed by atoms with Crippen molar-refractivity contribution in [1.29, 1.82) is 0 Å². The maximum absolute atomic E-state index is 13.5. The summed E-state index contributed by atoms with van der Waals surface area (Å²) in [5, 5.41) is 13.6. The second-order valence-electron chi connectivity index (χ2n) is 4.21. The van der Waals surface area contributed by atoms with Crippen LogP contribution in [-0.2, 0) is 6.54 Å². The highest BCUT2D eigenvalue weighted by Gasteiger charge is 2.12. The first-order chi connectivity index (χ1) is 10.0. The molecule has 2 aromatic carbocycles. The van der Waals surface area contributed by atoms with Gasteiger partial charge < -0.3 is 10.1 Å². The van der Waals surface area contributed by atoms with Gasteiger partial charge in [0.2, 0.25) is 0 Å². The minimum Gasteiger partial charge on any atom is -0.495 e. The van der Waals surface area contributed by atoms with Crippen LogP contribution in [0.1, 0.15) is 5.56 Å². The number of nitrogens with zero attached hydrogens (tertiary/aromatic N) is 1. The number of methoxy groups -OCH3 is 1. The van der Waals surface area contributed by atoms with Gasteiger partial charge in [0.25, 0.3) is 5.69 Å². The largest absolute Gasteiger partial charge is 0.495 e. The van der Waals surface area contributed by atoms with E-state index >= 15 is 0 Å². The Bertz CT molecular complexity index is 677. The first kappa shape index (κ1) is 14.7. The van der Waals surface area contributed by atoms with E-state index in [-0.39, 0.29) is 17.8 Å².